The smallest absolute Gasteiger partial charge is 0.221 e. The van der Waals surface area contributed by atoms with Crippen molar-refractivity contribution in [2.45, 2.75) is 26.8 Å². The molecule has 0 aromatic carbocycles. The van der Waals surface area contributed by atoms with E-state index in [0.29, 0.717) is 13.0 Å². The third kappa shape index (κ3) is 2.57. The molecule has 0 aliphatic carbocycles. The molecule has 1 aromatic rings. The fourth-order valence-corrected chi connectivity index (χ4v) is 1.23. The van der Waals surface area contributed by atoms with Crippen LogP contribution in [0.4, 0.5) is 0 Å². The van der Waals surface area contributed by atoms with Gasteiger partial charge in [-0.25, -0.2) is 0 Å². The molecule has 0 atom stereocenters. The number of rotatable bonds is 3. The van der Waals surface area contributed by atoms with Gasteiger partial charge in [0, 0.05) is 25.7 Å². The van der Waals surface area contributed by atoms with Crippen molar-refractivity contribution in [3.63, 3.8) is 0 Å². The maximum atomic E-state index is 11.0. The number of amides is 1. The minimum Gasteiger partial charge on any atom is -0.359 e. The number of carbonyl (C=O) groups excluding carboxylic acids is 1. The highest BCUT2D eigenvalue weighted by Crippen LogP contribution is 2.02. The molecular weight excluding hydrogens is 166 g/mol. The number of carbonyl (C=O) groups is 1. The first-order chi connectivity index (χ1) is 6.13. The van der Waals surface area contributed by atoms with E-state index in [1.165, 1.54) is 0 Å². The Hall–Kier alpha value is -1.32. The molecule has 0 unspecified atom stereocenters. The summed E-state index contributed by atoms with van der Waals surface area (Å²) in [4.78, 5) is 11.0. The zero-order valence-corrected chi connectivity index (χ0v) is 8.29. The number of nitrogens with one attached hydrogen (secondary N) is 1. The first-order valence-corrected chi connectivity index (χ1v) is 4.35. The highest BCUT2D eigenvalue weighted by molar-refractivity contribution is 5.75. The lowest BCUT2D eigenvalue weighted by Crippen LogP contribution is -2.20. The van der Waals surface area contributed by atoms with Crippen LogP contribution < -0.4 is 5.32 Å². The van der Waals surface area contributed by atoms with E-state index in [-0.39, 0.29) is 5.91 Å². The summed E-state index contributed by atoms with van der Waals surface area (Å²) in [6.45, 7) is 4.59. The van der Waals surface area contributed by atoms with Gasteiger partial charge in [0.05, 0.1) is 5.69 Å². The molecule has 1 amide bonds. The van der Waals surface area contributed by atoms with E-state index in [1.54, 1.807) is 7.05 Å². The molecule has 13 heavy (non-hydrogen) atoms. The minimum atomic E-state index is 0.0487. The molecule has 1 heterocycles. The number of hydrogen-bond donors (Lipinski definition) is 1. The third-order valence-corrected chi connectivity index (χ3v) is 1.93. The fraction of sp³-hybridized carbons (Fsp3) is 0.556. The topological polar surface area (TPSA) is 46.9 Å². The lowest BCUT2D eigenvalue weighted by atomic mass is 10.4. The largest absolute Gasteiger partial charge is 0.359 e. The zero-order chi connectivity index (χ0) is 9.84. The average Bonchev–Trinajstić information content (AvgIpc) is 2.41. The van der Waals surface area contributed by atoms with Crippen molar-refractivity contribution in [1.29, 1.82) is 0 Å². The Bertz CT molecular complexity index is 304. The van der Waals surface area contributed by atoms with Crippen LogP contribution in [-0.2, 0) is 11.3 Å². The summed E-state index contributed by atoms with van der Waals surface area (Å²) in [7, 11) is 1.64. The van der Waals surface area contributed by atoms with E-state index in [0.717, 1.165) is 11.4 Å². The SMILES string of the molecule is CNC(=O)CCn1nc(C)cc1C. The van der Waals surface area contributed by atoms with Gasteiger partial charge in [-0.2, -0.15) is 5.10 Å². The molecule has 1 rings (SSSR count). The molecule has 0 bridgehead atoms. The lowest BCUT2D eigenvalue weighted by molar-refractivity contribution is -0.120. The van der Waals surface area contributed by atoms with Gasteiger partial charge in [-0.1, -0.05) is 0 Å². The zero-order valence-electron chi connectivity index (χ0n) is 8.29. The van der Waals surface area contributed by atoms with Crippen LogP contribution in [0.15, 0.2) is 6.07 Å². The third-order valence-electron chi connectivity index (χ3n) is 1.93. The van der Waals surface area contributed by atoms with Gasteiger partial charge in [0.2, 0.25) is 5.91 Å². The van der Waals surface area contributed by atoms with E-state index in [2.05, 4.69) is 10.4 Å². The summed E-state index contributed by atoms with van der Waals surface area (Å²) in [6, 6.07) is 2.00. The van der Waals surface area contributed by atoms with Crippen molar-refractivity contribution in [3.8, 4) is 0 Å². The summed E-state index contributed by atoms with van der Waals surface area (Å²) >= 11 is 0. The first-order valence-electron chi connectivity index (χ1n) is 4.35. The van der Waals surface area contributed by atoms with E-state index >= 15 is 0 Å². The second-order valence-corrected chi connectivity index (χ2v) is 3.07. The Morgan fingerprint density at radius 3 is 2.77 bits per heavy atom. The van der Waals surface area contributed by atoms with Crippen LogP contribution in [0.5, 0.6) is 0 Å². The van der Waals surface area contributed by atoms with Gasteiger partial charge in [0.15, 0.2) is 0 Å². The standard InChI is InChI=1S/C9H15N3O/c1-7-6-8(2)12(11-7)5-4-9(13)10-3/h6H,4-5H2,1-3H3,(H,10,13). The molecule has 0 saturated carbocycles. The van der Waals surface area contributed by atoms with Crippen molar-refractivity contribution in [3.05, 3.63) is 17.5 Å². The molecule has 0 radical (unpaired) electrons. The molecule has 0 saturated heterocycles. The molecular formula is C9H15N3O. The van der Waals surface area contributed by atoms with Gasteiger partial charge in [0.25, 0.3) is 0 Å². The van der Waals surface area contributed by atoms with Crippen LogP contribution in [0.2, 0.25) is 0 Å². The Balaban J connectivity index is 2.54. The molecule has 1 aromatic heterocycles. The van der Waals surface area contributed by atoms with E-state index < -0.39 is 0 Å². The number of aryl methyl sites for hydroxylation is 3. The summed E-state index contributed by atoms with van der Waals surface area (Å²) < 4.78 is 1.85. The van der Waals surface area contributed by atoms with Gasteiger partial charge in [-0.15, -0.1) is 0 Å². The summed E-state index contributed by atoms with van der Waals surface area (Å²) in [5.41, 5.74) is 2.09. The van der Waals surface area contributed by atoms with Crippen LogP contribution >= 0.6 is 0 Å². The second-order valence-electron chi connectivity index (χ2n) is 3.07. The van der Waals surface area contributed by atoms with Gasteiger partial charge < -0.3 is 5.32 Å². The normalized spacial score (nSPS) is 10.1. The molecule has 72 valence electrons. The second kappa shape index (κ2) is 4.07. The summed E-state index contributed by atoms with van der Waals surface area (Å²) in [5, 5.41) is 6.83. The molecule has 1 N–H and O–H groups in total. The van der Waals surface area contributed by atoms with Crippen LogP contribution in [0.25, 0.3) is 0 Å². The van der Waals surface area contributed by atoms with Crippen LogP contribution in [0, 0.1) is 13.8 Å². The maximum absolute atomic E-state index is 11.0. The Kier molecular flexibility index (Phi) is 3.06. The van der Waals surface area contributed by atoms with Crippen LogP contribution in [0.1, 0.15) is 17.8 Å². The number of aromatic nitrogens is 2. The Morgan fingerprint density at radius 1 is 1.62 bits per heavy atom. The van der Waals surface area contributed by atoms with Gasteiger partial charge in [-0.05, 0) is 19.9 Å². The fourth-order valence-electron chi connectivity index (χ4n) is 1.23. The quantitative estimate of drug-likeness (QED) is 0.743. The van der Waals surface area contributed by atoms with E-state index in [4.69, 9.17) is 0 Å². The molecule has 0 spiro atoms. The predicted molar refractivity (Wildman–Crippen MR) is 50.4 cm³/mol. The maximum Gasteiger partial charge on any atom is 0.221 e. The van der Waals surface area contributed by atoms with Crippen molar-refractivity contribution < 1.29 is 4.79 Å². The minimum absolute atomic E-state index is 0.0487. The van der Waals surface area contributed by atoms with Crippen molar-refractivity contribution in [1.82, 2.24) is 15.1 Å². The van der Waals surface area contributed by atoms with Gasteiger partial charge in [-0.3, -0.25) is 9.48 Å². The summed E-state index contributed by atoms with van der Waals surface area (Å²) in [6.07, 6.45) is 0.485. The van der Waals surface area contributed by atoms with Gasteiger partial charge >= 0.3 is 0 Å². The van der Waals surface area contributed by atoms with Gasteiger partial charge in [0.1, 0.15) is 0 Å². The highest BCUT2D eigenvalue weighted by Gasteiger charge is 2.02. The average molecular weight is 181 g/mol. The number of hydrogen-bond acceptors (Lipinski definition) is 2. The molecule has 0 aliphatic heterocycles. The molecule has 0 aliphatic rings. The lowest BCUT2D eigenvalue weighted by Gasteiger charge is -2.02. The molecule has 4 nitrogen and oxygen atoms in total. The van der Waals surface area contributed by atoms with E-state index in [9.17, 15) is 4.79 Å². The molecule has 4 heteroatoms. The van der Waals surface area contributed by atoms with Crippen LogP contribution in [0.3, 0.4) is 0 Å². The number of nitrogens with zero attached hydrogens (tertiary/aromatic N) is 2. The summed E-state index contributed by atoms with van der Waals surface area (Å²) in [5.74, 6) is 0.0487. The van der Waals surface area contributed by atoms with E-state index in [1.807, 2.05) is 24.6 Å². The van der Waals surface area contributed by atoms with Crippen LogP contribution in [-0.4, -0.2) is 22.7 Å². The Labute approximate surface area is 77.9 Å². The highest BCUT2D eigenvalue weighted by atomic mass is 16.1. The Morgan fingerprint density at radius 2 is 2.31 bits per heavy atom. The predicted octanol–water partition coefficient (Wildman–Crippen LogP) is 0.636. The van der Waals surface area contributed by atoms with Crippen molar-refractivity contribution in [2.75, 3.05) is 7.05 Å². The van der Waals surface area contributed by atoms with Crippen molar-refractivity contribution >= 4 is 5.91 Å². The first kappa shape index (κ1) is 9.77. The molecule has 0 fully saturated rings. The van der Waals surface area contributed by atoms with Crippen molar-refractivity contribution in [2.24, 2.45) is 0 Å². The monoisotopic (exact) mass is 181 g/mol.